The summed E-state index contributed by atoms with van der Waals surface area (Å²) in [7, 11) is 8.32. The van der Waals surface area contributed by atoms with Gasteiger partial charge in [-0.05, 0) is 72.2 Å². The Morgan fingerprint density at radius 2 is 0.607 bits per heavy atom. The molecule has 0 fully saturated rings. The molecule has 0 radical (unpaired) electrons. The Hall–Kier alpha value is -2.74. The molecular formula is C26H32N2. The third-order valence-electron chi connectivity index (χ3n) is 5.33. The maximum absolute atomic E-state index is 2.29. The molecule has 0 N–H and O–H groups in total. The molecule has 146 valence electrons. The number of rotatable bonds is 8. The van der Waals surface area contributed by atoms with Crippen molar-refractivity contribution in [2.24, 2.45) is 0 Å². The lowest BCUT2D eigenvalue weighted by atomic mass is 10.00. The summed E-state index contributed by atoms with van der Waals surface area (Å²) in [5.41, 5.74) is 8.13. The van der Waals surface area contributed by atoms with Crippen LogP contribution in [0, 0.1) is 0 Å². The van der Waals surface area contributed by atoms with Gasteiger partial charge in [0.05, 0.1) is 0 Å². The Morgan fingerprint density at radius 1 is 0.393 bits per heavy atom. The van der Waals surface area contributed by atoms with Crippen molar-refractivity contribution in [1.29, 1.82) is 0 Å². The molecule has 3 rings (SSSR count). The third-order valence-corrected chi connectivity index (χ3v) is 5.33. The molecule has 0 unspecified atom stereocenters. The monoisotopic (exact) mass is 372 g/mol. The zero-order chi connectivity index (χ0) is 19.9. The van der Waals surface area contributed by atoms with E-state index in [1.807, 2.05) is 0 Å². The fraction of sp³-hybridized carbons (Fsp3) is 0.308. The first-order valence-corrected chi connectivity index (χ1v) is 10.1. The lowest BCUT2D eigenvalue weighted by Crippen LogP contribution is -2.08. The molecule has 0 aliphatic rings. The number of aryl methyl sites for hydroxylation is 4. The molecule has 0 atom stereocenters. The van der Waals surface area contributed by atoms with Crippen molar-refractivity contribution in [2.75, 3.05) is 38.0 Å². The van der Waals surface area contributed by atoms with Crippen molar-refractivity contribution >= 4 is 11.4 Å². The minimum absolute atomic E-state index is 1.09. The van der Waals surface area contributed by atoms with Gasteiger partial charge in [0.15, 0.2) is 0 Å². The molecule has 0 bridgehead atoms. The first kappa shape index (κ1) is 20.0. The van der Waals surface area contributed by atoms with Gasteiger partial charge in [-0.1, -0.05) is 48.5 Å². The Balaban J connectivity index is 1.49. The topological polar surface area (TPSA) is 6.48 Å². The van der Waals surface area contributed by atoms with Crippen LogP contribution < -0.4 is 9.80 Å². The number of nitrogens with zero attached hydrogens (tertiary/aromatic N) is 2. The SMILES string of the molecule is CN(C)c1ccc(CCc2ccc(CCc3ccc(N(C)C)cc3)cc2)cc1. The standard InChI is InChI=1S/C26H32N2/c1-27(2)25-17-13-23(14-18-25)11-9-21-5-7-22(8-6-21)10-12-24-15-19-26(20-16-24)28(3)4/h5-8,13-20H,9-12H2,1-4H3. The van der Waals surface area contributed by atoms with Gasteiger partial charge in [-0.15, -0.1) is 0 Å². The van der Waals surface area contributed by atoms with E-state index >= 15 is 0 Å². The van der Waals surface area contributed by atoms with Gasteiger partial charge in [0, 0.05) is 39.6 Å². The lowest BCUT2D eigenvalue weighted by Gasteiger charge is -2.13. The summed E-state index contributed by atoms with van der Waals surface area (Å²) in [6, 6.07) is 26.9. The van der Waals surface area contributed by atoms with E-state index in [9.17, 15) is 0 Å². The van der Waals surface area contributed by atoms with E-state index < -0.39 is 0 Å². The van der Waals surface area contributed by atoms with Crippen LogP contribution in [0.1, 0.15) is 22.3 Å². The van der Waals surface area contributed by atoms with Crippen LogP contribution in [0.5, 0.6) is 0 Å². The third kappa shape index (κ3) is 5.63. The van der Waals surface area contributed by atoms with Crippen molar-refractivity contribution in [3.8, 4) is 0 Å². The first-order valence-electron chi connectivity index (χ1n) is 10.1. The highest BCUT2D eigenvalue weighted by Crippen LogP contribution is 2.16. The second kappa shape index (κ2) is 9.45. The van der Waals surface area contributed by atoms with Gasteiger partial charge in [0.2, 0.25) is 0 Å². The summed E-state index contributed by atoms with van der Waals surface area (Å²) in [6.07, 6.45) is 4.36. The predicted molar refractivity (Wildman–Crippen MR) is 123 cm³/mol. The molecule has 0 aromatic heterocycles. The van der Waals surface area contributed by atoms with Gasteiger partial charge in [-0.25, -0.2) is 0 Å². The van der Waals surface area contributed by atoms with Gasteiger partial charge < -0.3 is 9.80 Å². The molecule has 0 saturated heterocycles. The zero-order valence-corrected chi connectivity index (χ0v) is 17.7. The summed E-state index contributed by atoms with van der Waals surface area (Å²) in [5.74, 6) is 0. The van der Waals surface area contributed by atoms with E-state index in [2.05, 4.69) is 111 Å². The quantitative estimate of drug-likeness (QED) is 0.523. The predicted octanol–water partition coefficient (Wildman–Crippen LogP) is 5.39. The molecule has 0 aliphatic carbocycles. The fourth-order valence-corrected chi connectivity index (χ4v) is 3.37. The Kier molecular flexibility index (Phi) is 6.76. The van der Waals surface area contributed by atoms with Crippen LogP contribution in [0.25, 0.3) is 0 Å². The van der Waals surface area contributed by atoms with Crippen molar-refractivity contribution in [1.82, 2.24) is 0 Å². The summed E-state index contributed by atoms with van der Waals surface area (Å²) >= 11 is 0. The van der Waals surface area contributed by atoms with E-state index in [1.54, 1.807) is 0 Å². The van der Waals surface area contributed by atoms with E-state index in [1.165, 1.54) is 33.6 Å². The average Bonchev–Trinajstić information content (AvgIpc) is 2.72. The molecule has 0 saturated carbocycles. The number of hydrogen-bond acceptors (Lipinski definition) is 2. The van der Waals surface area contributed by atoms with Gasteiger partial charge >= 0.3 is 0 Å². The van der Waals surface area contributed by atoms with Crippen LogP contribution in [-0.2, 0) is 25.7 Å². The molecule has 2 heteroatoms. The van der Waals surface area contributed by atoms with E-state index in [-0.39, 0.29) is 0 Å². The van der Waals surface area contributed by atoms with E-state index in [0.29, 0.717) is 0 Å². The zero-order valence-electron chi connectivity index (χ0n) is 17.7. The van der Waals surface area contributed by atoms with Crippen molar-refractivity contribution < 1.29 is 0 Å². The molecule has 0 heterocycles. The highest BCUT2D eigenvalue weighted by Gasteiger charge is 2.01. The van der Waals surface area contributed by atoms with Crippen LogP contribution in [0.4, 0.5) is 11.4 Å². The molecule has 3 aromatic carbocycles. The van der Waals surface area contributed by atoms with Gasteiger partial charge in [0.1, 0.15) is 0 Å². The van der Waals surface area contributed by atoms with Gasteiger partial charge in [-0.3, -0.25) is 0 Å². The van der Waals surface area contributed by atoms with Crippen molar-refractivity contribution in [3.05, 3.63) is 95.1 Å². The van der Waals surface area contributed by atoms with Crippen LogP contribution in [0.15, 0.2) is 72.8 Å². The summed E-state index contributed by atoms with van der Waals surface area (Å²) in [4.78, 5) is 4.28. The number of benzene rings is 3. The number of anilines is 2. The fourth-order valence-electron chi connectivity index (χ4n) is 3.37. The van der Waals surface area contributed by atoms with Crippen molar-refractivity contribution in [2.45, 2.75) is 25.7 Å². The maximum atomic E-state index is 2.29. The molecular weight excluding hydrogens is 340 g/mol. The highest BCUT2D eigenvalue weighted by atomic mass is 15.1. The molecule has 2 nitrogen and oxygen atoms in total. The molecule has 3 aromatic rings. The van der Waals surface area contributed by atoms with Crippen LogP contribution in [0.2, 0.25) is 0 Å². The van der Waals surface area contributed by atoms with E-state index in [4.69, 9.17) is 0 Å². The summed E-state index contributed by atoms with van der Waals surface area (Å²) in [5, 5.41) is 0. The lowest BCUT2D eigenvalue weighted by molar-refractivity contribution is 0.939. The smallest absolute Gasteiger partial charge is 0.0361 e. The van der Waals surface area contributed by atoms with Crippen LogP contribution >= 0.6 is 0 Å². The van der Waals surface area contributed by atoms with Gasteiger partial charge in [-0.2, -0.15) is 0 Å². The highest BCUT2D eigenvalue weighted by molar-refractivity contribution is 5.47. The van der Waals surface area contributed by atoms with E-state index in [0.717, 1.165) is 25.7 Å². The number of hydrogen-bond donors (Lipinski definition) is 0. The van der Waals surface area contributed by atoms with Crippen LogP contribution in [0.3, 0.4) is 0 Å². The Bertz CT molecular complexity index is 770. The first-order chi connectivity index (χ1) is 13.5. The van der Waals surface area contributed by atoms with Crippen LogP contribution in [-0.4, -0.2) is 28.2 Å². The molecule has 0 amide bonds. The maximum Gasteiger partial charge on any atom is 0.0361 e. The second-order valence-electron chi connectivity index (χ2n) is 7.94. The largest absolute Gasteiger partial charge is 0.378 e. The Morgan fingerprint density at radius 3 is 0.821 bits per heavy atom. The Labute approximate surface area is 170 Å². The molecule has 28 heavy (non-hydrogen) atoms. The van der Waals surface area contributed by atoms with Gasteiger partial charge in [0.25, 0.3) is 0 Å². The normalized spacial score (nSPS) is 10.7. The summed E-state index contributed by atoms with van der Waals surface area (Å²) in [6.45, 7) is 0. The molecule has 0 aliphatic heterocycles. The minimum Gasteiger partial charge on any atom is -0.378 e. The minimum atomic E-state index is 1.09. The average molecular weight is 373 g/mol. The van der Waals surface area contributed by atoms with Crippen molar-refractivity contribution in [3.63, 3.8) is 0 Å². The molecule has 0 spiro atoms. The second-order valence-corrected chi connectivity index (χ2v) is 7.94. The summed E-state index contributed by atoms with van der Waals surface area (Å²) < 4.78 is 0.